The molecule has 0 spiro atoms. The summed E-state index contributed by atoms with van der Waals surface area (Å²) in [5.74, 6) is -0.731. The highest BCUT2D eigenvalue weighted by molar-refractivity contribution is 8.06. The lowest BCUT2D eigenvalue weighted by Crippen LogP contribution is -2.55. The number of carbonyl (C=O) groups is 3. The van der Waals surface area contributed by atoms with Crippen LogP contribution in [-0.4, -0.2) is 41.9 Å². The van der Waals surface area contributed by atoms with E-state index in [2.05, 4.69) is 17.2 Å². The Morgan fingerprint density at radius 3 is 2.64 bits per heavy atom. The predicted molar refractivity (Wildman–Crippen MR) is 122 cm³/mol. The van der Waals surface area contributed by atoms with Crippen molar-refractivity contribution in [3.05, 3.63) is 81.9 Å². The summed E-state index contributed by atoms with van der Waals surface area (Å²) < 4.78 is 18.4. The second kappa shape index (κ2) is 8.62. The first-order valence-electron chi connectivity index (χ1n) is 9.91. The van der Waals surface area contributed by atoms with E-state index in [1.54, 1.807) is 23.6 Å². The van der Waals surface area contributed by atoms with E-state index in [0.29, 0.717) is 22.6 Å². The van der Waals surface area contributed by atoms with Gasteiger partial charge in [-0.05, 0) is 52.9 Å². The zero-order chi connectivity index (χ0) is 23.8. The number of nitrogens with two attached hydrogens (primary N) is 1. The lowest BCUT2D eigenvalue weighted by atomic mass is 9.99. The number of nitrogens with one attached hydrogen (secondary N) is 2. The average molecular weight is 469 g/mol. The van der Waals surface area contributed by atoms with Crippen molar-refractivity contribution in [2.75, 3.05) is 13.7 Å². The number of methoxy groups -OCH3 is 1. The summed E-state index contributed by atoms with van der Waals surface area (Å²) in [5, 5.41) is 6.41. The van der Waals surface area contributed by atoms with Crippen LogP contribution in [0.4, 0.5) is 9.18 Å². The highest BCUT2D eigenvalue weighted by Gasteiger charge is 2.51. The number of thioether (sulfide) groups is 1. The number of hydrogen-bond acceptors (Lipinski definition) is 6. The Balaban J connectivity index is 1.57. The first-order valence-corrected chi connectivity index (χ1v) is 10.8. The van der Waals surface area contributed by atoms with Crippen LogP contribution in [0.1, 0.15) is 21.5 Å². The third kappa shape index (κ3) is 4.17. The topological polar surface area (TPSA) is 114 Å². The van der Waals surface area contributed by atoms with E-state index in [-0.39, 0.29) is 29.7 Å². The minimum atomic E-state index is -1.55. The molecule has 0 saturated carbocycles. The maximum atomic E-state index is 13.2. The minimum Gasteiger partial charge on any atom is -0.497 e. The largest absolute Gasteiger partial charge is 0.497 e. The van der Waals surface area contributed by atoms with Gasteiger partial charge >= 0.3 is 6.03 Å². The van der Waals surface area contributed by atoms with Gasteiger partial charge in [-0.3, -0.25) is 14.9 Å². The van der Waals surface area contributed by atoms with Gasteiger partial charge in [0.2, 0.25) is 0 Å². The Morgan fingerprint density at radius 2 is 2.00 bits per heavy atom. The van der Waals surface area contributed by atoms with E-state index < -0.39 is 17.5 Å². The fourth-order valence-corrected chi connectivity index (χ4v) is 4.53. The lowest BCUT2D eigenvalue weighted by molar-refractivity contribution is -0.122. The molecule has 1 saturated heterocycles. The molecule has 0 aliphatic carbocycles. The van der Waals surface area contributed by atoms with Crippen LogP contribution in [0.5, 0.6) is 5.75 Å². The Bertz CT molecular complexity index is 1200. The number of ether oxygens (including phenoxy) is 1. The van der Waals surface area contributed by atoms with Crippen LogP contribution >= 0.6 is 11.8 Å². The molecule has 2 aliphatic heterocycles. The molecule has 0 radical (unpaired) electrons. The number of hydrogen-bond donors (Lipinski definition) is 3. The zero-order valence-electron chi connectivity index (χ0n) is 17.7. The van der Waals surface area contributed by atoms with Crippen molar-refractivity contribution in [1.82, 2.24) is 15.5 Å². The van der Waals surface area contributed by atoms with Gasteiger partial charge in [-0.2, -0.15) is 0 Å². The summed E-state index contributed by atoms with van der Waals surface area (Å²) in [4.78, 5) is 39.6. The summed E-state index contributed by atoms with van der Waals surface area (Å²) >= 11 is 1.05. The van der Waals surface area contributed by atoms with Gasteiger partial charge in [0.1, 0.15) is 11.6 Å². The highest BCUT2D eigenvalue weighted by Crippen LogP contribution is 2.35. The van der Waals surface area contributed by atoms with Gasteiger partial charge in [0.05, 0.1) is 13.7 Å². The molecule has 1 fully saturated rings. The van der Waals surface area contributed by atoms with Gasteiger partial charge in [-0.15, -0.1) is 0 Å². The summed E-state index contributed by atoms with van der Waals surface area (Å²) in [6.07, 6.45) is 0. The van der Waals surface area contributed by atoms with Crippen molar-refractivity contribution in [3.8, 4) is 5.75 Å². The van der Waals surface area contributed by atoms with Gasteiger partial charge in [0, 0.05) is 22.7 Å². The first kappa shape index (κ1) is 22.4. The molecule has 4 N–H and O–H groups in total. The van der Waals surface area contributed by atoms with Crippen molar-refractivity contribution in [2.45, 2.75) is 12.1 Å². The first-order chi connectivity index (χ1) is 15.7. The third-order valence-electron chi connectivity index (χ3n) is 5.55. The molecule has 4 amide bonds. The van der Waals surface area contributed by atoms with Crippen LogP contribution in [0.2, 0.25) is 0 Å². The van der Waals surface area contributed by atoms with Crippen LogP contribution in [0.3, 0.4) is 0 Å². The van der Waals surface area contributed by atoms with E-state index in [9.17, 15) is 18.8 Å². The van der Waals surface area contributed by atoms with Crippen molar-refractivity contribution < 1.29 is 23.5 Å². The second-order valence-electron chi connectivity index (χ2n) is 7.62. The van der Waals surface area contributed by atoms with Crippen molar-refractivity contribution >= 4 is 35.3 Å². The SMILES string of the molecule is C=C(S/C=C(\N)c1ccc(F)cc1)[C@]1(CN2Cc3ccc(OC)cc3C2=O)NC(=O)NC1=O. The monoisotopic (exact) mass is 468 g/mol. The molecule has 10 heteroatoms. The van der Waals surface area contributed by atoms with E-state index in [0.717, 1.165) is 17.3 Å². The summed E-state index contributed by atoms with van der Waals surface area (Å²) in [6, 6.07) is 10.1. The normalized spacial score (nSPS) is 19.9. The number of carbonyl (C=O) groups excluding carboxylic acids is 3. The number of fused-ring (bicyclic) bond motifs is 1. The molecule has 1 atom stereocenters. The Labute approximate surface area is 193 Å². The molecule has 2 aromatic rings. The Hall–Kier alpha value is -3.79. The number of halogens is 1. The van der Waals surface area contributed by atoms with E-state index in [1.165, 1.54) is 36.3 Å². The molecule has 0 aromatic heterocycles. The maximum Gasteiger partial charge on any atom is 0.322 e. The quantitative estimate of drug-likeness (QED) is 0.539. The Morgan fingerprint density at radius 1 is 1.27 bits per heavy atom. The number of benzene rings is 2. The van der Waals surface area contributed by atoms with Crippen LogP contribution < -0.4 is 21.1 Å². The molecule has 0 unspecified atom stereocenters. The smallest absolute Gasteiger partial charge is 0.322 e. The fourth-order valence-electron chi connectivity index (χ4n) is 3.71. The molecule has 4 rings (SSSR count). The highest BCUT2D eigenvalue weighted by atomic mass is 32.2. The van der Waals surface area contributed by atoms with E-state index >= 15 is 0 Å². The van der Waals surface area contributed by atoms with Gasteiger partial charge in [-0.1, -0.05) is 24.4 Å². The van der Waals surface area contributed by atoms with Gasteiger partial charge < -0.3 is 20.7 Å². The number of nitrogens with zero attached hydrogens (tertiary/aromatic N) is 1. The lowest BCUT2D eigenvalue weighted by Gasteiger charge is -2.31. The molecular formula is C23H21FN4O4S. The van der Waals surface area contributed by atoms with Crippen LogP contribution in [-0.2, 0) is 11.3 Å². The van der Waals surface area contributed by atoms with E-state index in [4.69, 9.17) is 10.5 Å². The van der Waals surface area contributed by atoms with Crippen LogP contribution in [0.25, 0.3) is 5.70 Å². The number of rotatable bonds is 7. The van der Waals surface area contributed by atoms with Crippen LogP contribution in [0.15, 0.2) is 59.4 Å². The number of amides is 4. The summed E-state index contributed by atoms with van der Waals surface area (Å²) in [6.45, 7) is 4.14. The third-order valence-corrected chi connectivity index (χ3v) is 6.55. The molecule has 0 bridgehead atoms. The van der Waals surface area contributed by atoms with Crippen molar-refractivity contribution in [1.29, 1.82) is 0 Å². The molecule has 2 aromatic carbocycles. The Kier molecular flexibility index (Phi) is 5.86. The molecule has 2 heterocycles. The minimum absolute atomic E-state index is 0.115. The average Bonchev–Trinajstić information content (AvgIpc) is 3.27. The van der Waals surface area contributed by atoms with Gasteiger partial charge in [-0.25, -0.2) is 9.18 Å². The fraction of sp³-hybridized carbons (Fsp3) is 0.174. The summed E-state index contributed by atoms with van der Waals surface area (Å²) in [7, 11) is 1.51. The van der Waals surface area contributed by atoms with Crippen molar-refractivity contribution in [2.24, 2.45) is 5.73 Å². The van der Waals surface area contributed by atoms with Gasteiger partial charge in [0.25, 0.3) is 11.8 Å². The molecule has 33 heavy (non-hydrogen) atoms. The number of urea groups is 1. The predicted octanol–water partition coefficient (Wildman–Crippen LogP) is 2.57. The van der Waals surface area contributed by atoms with Crippen molar-refractivity contribution in [3.63, 3.8) is 0 Å². The zero-order valence-corrected chi connectivity index (χ0v) is 18.5. The van der Waals surface area contributed by atoms with E-state index in [1.807, 2.05) is 0 Å². The number of imide groups is 1. The standard InChI is InChI=1S/C23H21FN4O4S/c1-13(33-11-19(25)14-3-6-16(24)7-4-14)23(21(30)26-22(31)27-23)12-28-10-15-5-8-17(32-2)9-18(15)20(28)29/h3-9,11H,1,10,12,25H2,2H3,(H2,26,27,30,31)/b19-11-/t23-/m0/s1. The van der Waals surface area contributed by atoms with Crippen LogP contribution in [0, 0.1) is 5.82 Å². The molecular weight excluding hydrogens is 447 g/mol. The maximum absolute atomic E-state index is 13.2. The van der Waals surface area contributed by atoms with Gasteiger partial charge in [0.15, 0.2) is 5.54 Å². The second-order valence-corrected chi connectivity index (χ2v) is 8.58. The molecule has 2 aliphatic rings. The molecule has 170 valence electrons. The molecule has 8 nitrogen and oxygen atoms in total. The summed E-state index contributed by atoms with van der Waals surface area (Å²) in [5.41, 5.74) is 6.72.